The third-order valence-electron chi connectivity index (χ3n) is 2.75. The van der Waals surface area contributed by atoms with Gasteiger partial charge in [0.2, 0.25) is 0 Å². The molecule has 0 aliphatic carbocycles. The third-order valence-corrected chi connectivity index (χ3v) is 3.67. The average Bonchev–Trinajstić information content (AvgIpc) is 3.01. The molecule has 1 aromatic heterocycles. The van der Waals surface area contributed by atoms with Crippen molar-refractivity contribution in [1.82, 2.24) is 10.6 Å². The second-order valence-corrected chi connectivity index (χ2v) is 5.01. The Balaban J connectivity index is 1.86. The predicted molar refractivity (Wildman–Crippen MR) is 74.4 cm³/mol. The van der Waals surface area contributed by atoms with E-state index in [1.807, 2.05) is 35.7 Å². The first kappa shape index (κ1) is 11.7. The lowest BCUT2D eigenvalue weighted by molar-refractivity contribution is -0.115. The number of rotatable bonds is 2. The van der Waals surface area contributed by atoms with Gasteiger partial charge in [0.05, 0.1) is 0 Å². The summed E-state index contributed by atoms with van der Waals surface area (Å²) in [4.78, 5) is 23.6. The van der Waals surface area contributed by atoms with Crippen molar-refractivity contribution in [2.24, 2.45) is 0 Å². The molecule has 0 radical (unpaired) electrons. The van der Waals surface area contributed by atoms with Crippen molar-refractivity contribution in [3.63, 3.8) is 0 Å². The van der Waals surface area contributed by atoms with Gasteiger partial charge < -0.3 is 5.32 Å². The van der Waals surface area contributed by atoms with E-state index in [1.54, 1.807) is 17.4 Å². The number of carbonyl (C=O) groups excluding carboxylic acids is 2. The topological polar surface area (TPSA) is 58.2 Å². The van der Waals surface area contributed by atoms with Gasteiger partial charge in [-0.2, -0.15) is 0 Å². The van der Waals surface area contributed by atoms with E-state index in [9.17, 15) is 9.59 Å². The molecule has 5 heteroatoms. The van der Waals surface area contributed by atoms with Gasteiger partial charge in [-0.05, 0) is 28.6 Å². The van der Waals surface area contributed by atoms with E-state index in [0.29, 0.717) is 0 Å². The van der Waals surface area contributed by atoms with Crippen LogP contribution in [-0.4, -0.2) is 11.9 Å². The first-order chi connectivity index (χ1) is 9.22. The van der Waals surface area contributed by atoms with Gasteiger partial charge in [0.25, 0.3) is 5.91 Å². The molecule has 1 aliphatic heterocycles. The fraction of sp³-hybridized carbons (Fsp3) is 0. The van der Waals surface area contributed by atoms with Crippen molar-refractivity contribution in [3.05, 3.63) is 53.0 Å². The Morgan fingerprint density at radius 2 is 1.79 bits per heavy atom. The summed E-state index contributed by atoms with van der Waals surface area (Å²) in [6.07, 6.45) is 1.65. The zero-order valence-electron chi connectivity index (χ0n) is 9.84. The molecule has 1 fully saturated rings. The second kappa shape index (κ2) is 4.70. The Labute approximate surface area is 113 Å². The van der Waals surface area contributed by atoms with Crippen molar-refractivity contribution in [2.45, 2.75) is 0 Å². The van der Waals surface area contributed by atoms with Gasteiger partial charge in [-0.3, -0.25) is 10.1 Å². The minimum atomic E-state index is -0.480. The van der Waals surface area contributed by atoms with Crippen molar-refractivity contribution in [1.29, 1.82) is 0 Å². The molecule has 1 saturated heterocycles. The number of carbonyl (C=O) groups is 2. The number of benzene rings is 1. The highest BCUT2D eigenvalue weighted by molar-refractivity contribution is 7.13. The molecule has 0 saturated carbocycles. The van der Waals surface area contributed by atoms with Crippen LogP contribution in [0, 0.1) is 0 Å². The van der Waals surface area contributed by atoms with E-state index in [-0.39, 0.29) is 5.70 Å². The Morgan fingerprint density at radius 1 is 1.00 bits per heavy atom. The van der Waals surface area contributed by atoms with Crippen LogP contribution in [0.1, 0.15) is 5.56 Å². The lowest BCUT2D eigenvalue weighted by atomic mass is 10.1. The highest BCUT2D eigenvalue weighted by Crippen LogP contribution is 2.25. The maximum atomic E-state index is 11.4. The van der Waals surface area contributed by atoms with Gasteiger partial charge in [0.1, 0.15) is 5.70 Å². The number of hydrogen-bond donors (Lipinski definition) is 2. The lowest BCUT2D eigenvalue weighted by Gasteiger charge is -1.99. The number of hydrogen-bond acceptors (Lipinski definition) is 3. The summed E-state index contributed by atoms with van der Waals surface area (Å²) < 4.78 is 0. The van der Waals surface area contributed by atoms with Gasteiger partial charge in [-0.15, -0.1) is 11.3 Å². The van der Waals surface area contributed by atoms with Gasteiger partial charge in [-0.25, -0.2) is 4.79 Å². The smallest absolute Gasteiger partial charge is 0.303 e. The fourth-order valence-corrected chi connectivity index (χ4v) is 2.57. The molecule has 0 unspecified atom stereocenters. The third kappa shape index (κ3) is 2.41. The summed E-state index contributed by atoms with van der Waals surface area (Å²) in [6.45, 7) is 0. The number of urea groups is 1. The van der Waals surface area contributed by atoms with Crippen LogP contribution in [0.15, 0.2) is 47.5 Å². The van der Waals surface area contributed by atoms with Crippen LogP contribution in [0.25, 0.3) is 16.5 Å². The Bertz CT molecular complexity index is 657. The van der Waals surface area contributed by atoms with Crippen LogP contribution in [-0.2, 0) is 4.79 Å². The highest BCUT2D eigenvalue weighted by Gasteiger charge is 2.22. The Hall–Kier alpha value is -2.40. The van der Waals surface area contributed by atoms with Crippen LogP contribution >= 0.6 is 11.3 Å². The van der Waals surface area contributed by atoms with E-state index in [1.165, 1.54) is 4.88 Å². The van der Waals surface area contributed by atoms with E-state index in [2.05, 4.69) is 16.7 Å². The number of imide groups is 1. The van der Waals surface area contributed by atoms with Crippen LogP contribution in [0.2, 0.25) is 0 Å². The molecule has 3 rings (SSSR count). The molecule has 0 bridgehead atoms. The molecular weight excluding hydrogens is 260 g/mol. The molecule has 2 N–H and O–H groups in total. The van der Waals surface area contributed by atoms with E-state index >= 15 is 0 Å². The van der Waals surface area contributed by atoms with Gasteiger partial charge in [-0.1, -0.05) is 30.3 Å². The molecule has 4 nitrogen and oxygen atoms in total. The van der Waals surface area contributed by atoms with Crippen molar-refractivity contribution < 1.29 is 9.59 Å². The molecule has 1 aliphatic rings. The summed E-state index contributed by atoms with van der Waals surface area (Å²) in [6, 6.07) is 11.4. The number of thiophene rings is 1. The van der Waals surface area contributed by atoms with Crippen LogP contribution in [0.4, 0.5) is 4.79 Å². The molecular formula is C14H10N2O2S. The van der Waals surface area contributed by atoms with Gasteiger partial charge >= 0.3 is 6.03 Å². The van der Waals surface area contributed by atoms with Crippen LogP contribution in [0.3, 0.4) is 0 Å². The SMILES string of the molecule is O=C1NC(=O)/C(=C/c2ccc(-c3cccs3)cc2)N1. The predicted octanol–water partition coefficient (Wildman–Crippen LogP) is 2.60. The second-order valence-electron chi connectivity index (χ2n) is 4.07. The summed E-state index contributed by atoms with van der Waals surface area (Å²) in [5.74, 6) is -0.396. The van der Waals surface area contributed by atoms with E-state index < -0.39 is 11.9 Å². The first-order valence-corrected chi connectivity index (χ1v) is 6.58. The standard InChI is InChI=1S/C14H10N2O2S/c17-13-11(15-14(18)16-13)8-9-3-5-10(6-4-9)12-2-1-7-19-12/h1-8H,(H2,15,16,17,18)/b11-8-. The van der Waals surface area contributed by atoms with Crippen molar-refractivity contribution >= 4 is 29.4 Å². The van der Waals surface area contributed by atoms with Crippen LogP contribution < -0.4 is 10.6 Å². The Morgan fingerprint density at radius 3 is 2.37 bits per heavy atom. The molecule has 0 spiro atoms. The Kier molecular flexibility index (Phi) is 2.89. The molecule has 2 aromatic rings. The minimum absolute atomic E-state index is 0.272. The summed E-state index contributed by atoms with van der Waals surface area (Å²) in [5.41, 5.74) is 2.28. The maximum Gasteiger partial charge on any atom is 0.326 e. The van der Waals surface area contributed by atoms with Gasteiger partial charge in [0, 0.05) is 4.88 Å². The van der Waals surface area contributed by atoms with Crippen molar-refractivity contribution in [3.8, 4) is 10.4 Å². The number of amides is 3. The van der Waals surface area contributed by atoms with Gasteiger partial charge in [0.15, 0.2) is 0 Å². The number of nitrogens with one attached hydrogen (secondary N) is 2. The quantitative estimate of drug-likeness (QED) is 0.651. The van der Waals surface area contributed by atoms with Crippen LogP contribution in [0.5, 0.6) is 0 Å². The summed E-state index contributed by atoms with van der Waals surface area (Å²) in [5, 5.41) is 6.65. The monoisotopic (exact) mass is 270 g/mol. The fourth-order valence-electron chi connectivity index (χ4n) is 1.84. The normalized spacial score (nSPS) is 16.5. The van der Waals surface area contributed by atoms with E-state index in [4.69, 9.17) is 0 Å². The largest absolute Gasteiger partial charge is 0.326 e. The zero-order valence-corrected chi connectivity index (χ0v) is 10.7. The maximum absolute atomic E-state index is 11.4. The molecule has 94 valence electrons. The zero-order chi connectivity index (χ0) is 13.2. The average molecular weight is 270 g/mol. The summed E-state index contributed by atoms with van der Waals surface area (Å²) >= 11 is 1.68. The first-order valence-electron chi connectivity index (χ1n) is 5.70. The highest BCUT2D eigenvalue weighted by atomic mass is 32.1. The molecule has 19 heavy (non-hydrogen) atoms. The summed E-state index contributed by atoms with van der Waals surface area (Å²) in [7, 11) is 0. The molecule has 0 atom stereocenters. The molecule has 1 aromatic carbocycles. The van der Waals surface area contributed by atoms with E-state index in [0.717, 1.165) is 11.1 Å². The molecule has 2 heterocycles. The minimum Gasteiger partial charge on any atom is -0.303 e. The lowest BCUT2D eigenvalue weighted by Crippen LogP contribution is -2.22. The molecule has 3 amide bonds. The van der Waals surface area contributed by atoms with Crippen molar-refractivity contribution in [2.75, 3.05) is 0 Å².